The summed E-state index contributed by atoms with van der Waals surface area (Å²) in [5, 5.41) is 2.72. The molecule has 2 aromatic carbocycles. The third-order valence-electron chi connectivity index (χ3n) is 4.42. The van der Waals surface area contributed by atoms with Gasteiger partial charge in [0.2, 0.25) is 0 Å². The van der Waals surface area contributed by atoms with E-state index in [0.717, 1.165) is 19.3 Å². The zero-order chi connectivity index (χ0) is 15.9. The molecule has 0 aliphatic carbocycles. The van der Waals surface area contributed by atoms with Gasteiger partial charge in [0.15, 0.2) is 0 Å². The maximum Gasteiger partial charge on any atom is -0.0150 e. The minimum Gasteiger partial charge on any atom is -0.0993 e. The highest BCUT2D eigenvalue weighted by molar-refractivity contribution is 5.85. The smallest absolute Gasteiger partial charge is 0.0150 e. The van der Waals surface area contributed by atoms with Gasteiger partial charge in [-0.1, -0.05) is 89.2 Å². The van der Waals surface area contributed by atoms with Crippen molar-refractivity contribution in [3.05, 3.63) is 60.2 Å². The molecule has 0 bridgehead atoms. The lowest BCUT2D eigenvalue weighted by Crippen LogP contribution is -2.13. The highest BCUT2D eigenvalue weighted by Crippen LogP contribution is 2.32. The molecule has 21 heavy (non-hydrogen) atoms. The van der Waals surface area contributed by atoms with E-state index in [1.165, 1.54) is 21.9 Å². The van der Waals surface area contributed by atoms with Crippen LogP contribution in [-0.4, -0.2) is 0 Å². The van der Waals surface area contributed by atoms with Gasteiger partial charge < -0.3 is 0 Å². The maximum absolute atomic E-state index is 4.29. The Balaban J connectivity index is 0.00000106. The minimum atomic E-state index is 0.255. The summed E-state index contributed by atoms with van der Waals surface area (Å²) in [7, 11) is 0. The van der Waals surface area contributed by atoms with E-state index in [0.29, 0.717) is 0 Å². The molecule has 0 aliphatic heterocycles. The number of rotatable bonds is 5. The van der Waals surface area contributed by atoms with Crippen LogP contribution in [0.5, 0.6) is 0 Å². The minimum absolute atomic E-state index is 0.255. The molecule has 114 valence electrons. The third-order valence-corrected chi connectivity index (χ3v) is 4.42. The zero-order valence-corrected chi connectivity index (χ0v) is 14.4. The van der Waals surface area contributed by atoms with E-state index >= 15 is 0 Å². The SMILES string of the molecule is C=C(CCc1cccc2ccccc12)C(C)(C)CC.CC. The number of hydrogen-bond acceptors (Lipinski definition) is 0. The largest absolute Gasteiger partial charge is 0.0993 e. The van der Waals surface area contributed by atoms with E-state index in [-0.39, 0.29) is 5.41 Å². The van der Waals surface area contributed by atoms with E-state index in [2.05, 4.69) is 69.8 Å². The highest BCUT2D eigenvalue weighted by atomic mass is 14.2. The summed E-state index contributed by atoms with van der Waals surface area (Å²) in [5.74, 6) is 0. The summed E-state index contributed by atoms with van der Waals surface area (Å²) >= 11 is 0. The number of benzene rings is 2. The van der Waals surface area contributed by atoms with Crippen LogP contribution in [0.4, 0.5) is 0 Å². The van der Waals surface area contributed by atoms with Crippen molar-refractivity contribution in [1.82, 2.24) is 0 Å². The van der Waals surface area contributed by atoms with Crippen LogP contribution in [-0.2, 0) is 6.42 Å². The fraction of sp³-hybridized carbons (Fsp3) is 0.429. The molecule has 0 N–H and O–H groups in total. The topological polar surface area (TPSA) is 0 Å². The predicted molar refractivity (Wildman–Crippen MR) is 96.8 cm³/mol. The van der Waals surface area contributed by atoms with Gasteiger partial charge in [-0.15, -0.1) is 0 Å². The monoisotopic (exact) mass is 282 g/mol. The molecule has 0 amide bonds. The maximum atomic E-state index is 4.29. The molecule has 0 aliphatic rings. The summed E-state index contributed by atoms with van der Waals surface area (Å²) in [6.45, 7) is 15.1. The van der Waals surface area contributed by atoms with Crippen molar-refractivity contribution >= 4 is 10.8 Å². The van der Waals surface area contributed by atoms with Crippen LogP contribution in [0.15, 0.2) is 54.6 Å². The molecule has 0 fully saturated rings. The number of fused-ring (bicyclic) bond motifs is 1. The van der Waals surface area contributed by atoms with Gasteiger partial charge in [-0.05, 0) is 41.0 Å². The summed E-state index contributed by atoms with van der Waals surface area (Å²) in [6, 6.07) is 15.2. The van der Waals surface area contributed by atoms with Crippen LogP contribution in [0.25, 0.3) is 10.8 Å². The van der Waals surface area contributed by atoms with Gasteiger partial charge in [0.25, 0.3) is 0 Å². The Morgan fingerprint density at radius 2 is 1.62 bits per heavy atom. The molecule has 0 aromatic heterocycles. The van der Waals surface area contributed by atoms with Gasteiger partial charge in [-0.3, -0.25) is 0 Å². The molecule has 0 unspecified atom stereocenters. The first-order chi connectivity index (χ1) is 10.0. The fourth-order valence-corrected chi connectivity index (χ4v) is 2.38. The Hall–Kier alpha value is -1.56. The Labute approximate surface area is 130 Å². The average Bonchev–Trinajstić information content (AvgIpc) is 2.54. The molecule has 0 spiro atoms. The van der Waals surface area contributed by atoms with Gasteiger partial charge in [0, 0.05) is 0 Å². The molecule has 2 aromatic rings. The Bertz CT molecular complexity index is 570. The van der Waals surface area contributed by atoms with E-state index in [1.807, 2.05) is 13.8 Å². The first kappa shape index (κ1) is 17.5. The molecular weight excluding hydrogens is 252 g/mol. The van der Waals surface area contributed by atoms with Crippen molar-refractivity contribution in [2.24, 2.45) is 5.41 Å². The number of allylic oxidation sites excluding steroid dienone is 1. The normalized spacial score (nSPS) is 10.9. The van der Waals surface area contributed by atoms with Crippen molar-refractivity contribution in [2.75, 3.05) is 0 Å². The van der Waals surface area contributed by atoms with Crippen LogP contribution in [0, 0.1) is 5.41 Å². The molecular formula is C21H30. The van der Waals surface area contributed by atoms with Crippen LogP contribution in [0.2, 0.25) is 0 Å². The van der Waals surface area contributed by atoms with Gasteiger partial charge in [-0.25, -0.2) is 0 Å². The second-order valence-corrected chi connectivity index (χ2v) is 5.98. The van der Waals surface area contributed by atoms with Crippen LogP contribution < -0.4 is 0 Å². The zero-order valence-electron chi connectivity index (χ0n) is 14.4. The van der Waals surface area contributed by atoms with Crippen LogP contribution in [0.1, 0.15) is 53.0 Å². The second-order valence-electron chi connectivity index (χ2n) is 5.98. The van der Waals surface area contributed by atoms with Crippen molar-refractivity contribution in [2.45, 2.75) is 53.9 Å². The molecule has 0 heteroatoms. The lowest BCUT2D eigenvalue weighted by Gasteiger charge is -2.26. The molecule has 0 saturated carbocycles. The van der Waals surface area contributed by atoms with Crippen molar-refractivity contribution in [1.29, 1.82) is 0 Å². The van der Waals surface area contributed by atoms with Crippen LogP contribution >= 0.6 is 0 Å². The lowest BCUT2D eigenvalue weighted by molar-refractivity contribution is 0.415. The summed E-state index contributed by atoms with van der Waals surface area (Å²) in [4.78, 5) is 0. The van der Waals surface area contributed by atoms with E-state index in [9.17, 15) is 0 Å². The third kappa shape index (κ3) is 4.46. The van der Waals surface area contributed by atoms with Crippen molar-refractivity contribution in [3.8, 4) is 0 Å². The van der Waals surface area contributed by atoms with E-state index < -0.39 is 0 Å². The van der Waals surface area contributed by atoms with Gasteiger partial charge >= 0.3 is 0 Å². The standard InChI is InChI=1S/C19H24.C2H6/c1-5-19(3,4)15(2)13-14-17-11-8-10-16-9-6-7-12-18(16)17;1-2/h6-12H,2,5,13-14H2,1,3-4H3;1-2H3. The van der Waals surface area contributed by atoms with Gasteiger partial charge in [0.1, 0.15) is 0 Å². The molecule has 0 heterocycles. The first-order valence-electron chi connectivity index (χ1n) is 8.19. The Morgan fingerprint density at radius 1 is 1.00 bits per heavy atom. The number of hydrogen-bond donors (Lipinski definition) is 0. The fourth-order valence-electron chi connectivity index (χ4n) is 2.38. The molecule has 0 radical (unpaired) electrons. The molecule has 0 saturated heterocycles. The highest BCUT2D eigenvalue weighted by Gasteiger charge is 2.18. The van der Waals surface area contributed by atoms with E-state index in [4.69, 9.17) is 0 Å². The first-order valence-corrected chi connectivity index (χ1v) is 8.19. The predicted octanol–water partition coefficient (Wildman–Crippen LogP) is 6.79. The van der Waals surface area contributed by atoms with E-state index in [1.54, 1.807) is 0 Å². The Kier molecular flexibility index (Phi) is 6.68. The summed E-state index contributed by atoms with van der Waals surface area (Å²) in [6.07, 6.45) is 3.32. The lowest BCUT2D eigenvalue weighted by atomic mass is 9.80. The Morgan fingerprint density at radius 3 is 2.29 bits per heavy atom. The average molecular weight is 282 g/mol. The molecule has 0 atom stereocenters. The van der Waals surface area contributed by atoms with Gasteiger partial charge in [-0.2, -0.15) is 0 Å². The van der Waals surface area contributed by atoms with Crippen molar-refractivity contribution < 1.29 is 0 Å². The summed E-state index contributed by atoms with van der Waals surface area (Å²) < 4.78 is 0. The summed E-state index contributed by atoms with van der Waals surface area (Å²) in [5.41, 5.74) is 3.05. The van der Waals surface area contributed by atoms with Crippen LogP contribution in [0.3, 0.4) is 0 Å². The number of aryl methyl sites for hydroxylation is 1. The van der Waals surface area contributed by atoms with Crippen molar-refractivity contribution in [3.63, 3.8) is 0 Å². The second kappa shape index (κ2) is 8.02. The quantitative estimate of drug-likeness (QED) is 0.529. The van der Waals surface area contributed by atoms with Gasteiger partial charge in [0.05, 0.1) is 0 Å². The molecule has 0 nitrogen and oxygen atoms in total. The molecule has 2 rings (SSSR count).